The van der Waals surface area contributed by atoms with Crippen LogP contribution in [0.5, 0.6) is 0 Å². The van der Waals surface area contributed by atoms with Gasteiger partial charge in [-0.15, -0.1) is 0 Å². The van der Waals surface area contributed by atoms with Crippen molar-refractivity contribution in [1.82, 2.24) is 0 Å². The summed E-state index contributed by atoms with van der Waals surface area (Å²) in [6.45, 7) is 14.5. The maximum atomic E-state index is 5.85. The average molecular weight is 411 g/mol. The highest BCUT2D eigenvalue weighted by molar-refractivity contribution is 6.77. The maximum Gasteiger partial charge on any atom is 0.211 e. The molecule has 2 nitrogen and oxygen atoms in total. The first-order valence-corrected chi connectivity index (χ1v) is 16.1. The summed E-state index contributed by atoms with van der Waals surface area (Å²) in [6.07, 6.45) is 4.37. The highest BCUT2D eigenvalue weighted by Crippen LogP contribution is 2.22. The number of hydrogen-bond donors (Lipinski definition) is 0. The van der Waals surface area contributed by atoms with Gasteiger partial charge in [0.05, 0.1) is 0 Å². The van der Waals surface area contributed by atoms with Crippen LogP contribution in [-0.2, 0) is 8.85 Å². The Labute approximate surface area is 173 Å². The Hall–Kier alpha value is -1.73. The van der Waals surface area contributed by atoms with Gasteiger partial charge in [0.2, 0.25) is 16.6 Å². The maximum absolute atomic E-state index is 5.85. The van der Waals surface area contributed by atoms with Crippen LogP contribution in [0.15, 0.2) is 59.9 Å². The van der Waals surface area contributed by atoms with Crippen LogP contribution in [0, 0.1) is 0 Å². The van der Waals surface area contributed by atoms with Crippen LogP contribution in [0.2, 0.25) is 26.2 Å². The fraction of sp³-hybridized carbons (Fsp3) is 0.333. The Morgan fingerprint density at radius 1 is 0.607 bits per heavy atom. The van der Waals surface area contributed by atoms with Crippen molar-refractivity contribution < 1.29 is 8.85 Å². The van der Waals surface area contributed by atoms with Gasteiger partial charge in [-0.2, -0.15) is 0 Å². The zero-order chi connectivity index (χ0) is 20.6. The topological polar surface area (TPSA) is 18.5 Å². The molecule has 0 radical (unpaired) electrons. The fourth-order valence-electron chi connectivity index (χ4n) is 3.01. The van der Waals surface area contributed by atoms with Crippen LogP contribution in [0.4, 0.5) is 0 Å². The highest BCUT2D eigenvalue weighted by atomic mass is 28.4. The summed E-state index contributed by atoms with van der Waals surface area (Å²) in [5.74, 6) is 0. The van der Waals surface area contributed by atoms with E-state index in [0.29, 0.717) is 0 Å². The van der Waals surface area contributed by atoms with Crippen molar-refractivity contribution >= 4 is 28.8 Å². The molecule has 2 aromatic carbocycles. The molecule has 0 fully saturated rings. The fourth-order valence-corrected chi connectivity index (χ4v) is 5.88. The monoisotopic (exact) mass is 410 g/mol. The molecule has 2 rings (SSSR count). The SMILES string of the molecule is CCO[Si](C)(C)/C=C/c1ccc(-c2ccc(/C=C/[Si](C)(C)OCC)cc2)cc1. The second-order valence-electron chi connectivity index (χ2n) is 7.98. The Balaban J connectivity index is 2.06. The van der Waals surface area contributed by atoms with Gasteiger partial charge >= 0.3 is 0 Å². The average Bonchev–Trinajstić information content (AvgIpc) is 2.66. The first kappa shape index (κ1) is 22.6. The van der Waals surface area contributed by atoms with Crippen LogP contribution < -0.4 is 0 Å². The van der Waals surface area contributed by atoms with Crippen molar-refractivity contribution in [1.29, 1.82) is 0 Å². The van der Waals surface area contributed by atoms with Gasteiger partial charge in [0, 0.05) is 13.2 Å². The van der Waals surface area contributed by atoms with Crippen LogP contribution in [0.3, 0.4) is 0 Å². The summed E-state index contributed by atoms with van der Waals surface area (Å²) in [4.78, 5) is 0. The highest BCUT2D eigenvalue weighted by Gasteiger charge is 2.17. The second-order valence-corrected chi connectivity index (χ2v) is 15.6. The second kappa shape index (κ2) is 10.2. The van der Waals surface area contributed by atoms with Crippen LogP contribution in [0.25, 0.3) is 23.3 Å². The molecule has 0 bridgehead atoms. The van der Waals surface area contributed by atoms with E-state index in [1.165, 1.54) is 22.3 Å². The Kier molecular flexibility index (Phi) is 8.19. The van der Waals surface area contributed by atoms with E-state index in [2.05, 4.69) is 112 Å². The third kappa shape index (κ3) is 7.36. The lowest BCUT2D eigenvalue weighted by Gasteiger charge is -2.17. The van der Waals surface area contributed by atoms with Gasteiger partial charge in [0.1, 0.15) is 0 Å². The summed E-state index contributed by atoms with van der Waals surface area (Å²) in [7, 11) is -3.38. The van der Waals surface area contributed by atoms with E-state index in [-0.39, 0.29) is 0 Å². The minimum Gasteiger partial charge on any atom is -0.414 e. The molecule has 0 aliphatic rings. The van der Waals surface area contributed by atoms with Crippen LogP contribution in [0.1, 0.15) is 25.0 Å². The molecule has 2 aromatic rings. The molecule has 150 valence electrons. The molecule has 0 unspecified atom stereocenters. The Morgan fingerprint density at radius 3 is 1.21 bits per heavy atom. The zero-order valence-corrected chi connectivity index (χ0v) is 20.2. The van der Waals surface area contributed by atoms with Gasteiger partial charge in [-0.25, -0.2) is 0 Å². The molecule has 0 amide bonds. The minimum atomic E-state index is -1.69. The molecule has 0 atom stereocenters. The number of benzene rings is 2. The molecule has 28 heavy (non-hydrogen) atoms. The molecular formula is C24H34O2Si2. The van der Waals surface area contributed by atoms with Crippen molar-refractivity contribution in [2.24, 2.45) is 0 Å². The predicted octanol–water partition coefficient (Wildman–Crippen LogP) is 6.94. The van der Waals surface area contributed by atoms with E-state index in [4.69, 9.17) is 8.85 Å². The van der Waals surface area contributed by atoms with E-state index in [0.717, 1.165) is 13.2 Å². The first-order chi connectivity index (χ1) is 13.2. The van der Waals surface area contributed by atoms with Crippen molar-refractivity contribution in [3.63, 3.8) is 0 Å². The molecule has 0 aromatic heterocycles. The quantitative estimate of drug-likeness (QED) is 0.417. The summed E-state index contributed by atoms with van der Waals surface area (Å²) in [6, 6.07) is 17.4. The molecule has 4 heteroatoms. The van der Waals surface area contributed by atoms with Crippen LogP contribution >= 0.6 is 0 Å². The van der Waals surface area contributed by atoms with E-state index >= 15 is 0 Å². The Bertz CT molecular complexity index is 719. The van der Waals surface area contributed by atoms with Crippen molar-refractivity contribution in [3.05, 3.63) is 71.1 Å². The molecule has 0 aliphatic heterocycles. The van der Waals surface area contributed by atoms with E-state index in [9.17, 15) is 0 Å². The lowest BCUT2D eigenvalue weighted by atomic mass is 10.0. The molecule has 0 N–H and O–H groups in total. The lowest BCUT2D eigenvalue weighted by Crippen LogP contribution is -2.27. The normalized spacial score (nSPS) is 12.9. The molecular weight excluding hydrogens is 376 g/mol. The van der Waals surface area contributed by atoms with E-state index in [1.54, 1.807) is 0 Å². The van der Waals surface area contributed by atoms with Gasteiger partial charge < -0.3 is 8.85 Å². The van der Waals surface area contributed by atoms with Gasteiger partial charge in [0.15, 0.2) is 0 Å². The third-order valence-electron chi connectivity index (χ3n) is 4.54. The molecule has 0 spiro atoms. The summed E-state index contributed by atoms with van der Waals surface area (Å²) < 4.78 is 11.7. The molecule has 0 saturated heterocycles. The van der Waals surface area contributed by atoms with Gasteiger partial charge in [0.25, 0.3) is 0 Å². The summed E-state index contributed by atoms with van der Waals surface area (Å²) in [5, 5.41) is 0. The number of hydrogen-bond acceptors (Lipinski definition) is 2. The standard InChI is InChI=1S/C24H34O2Si2/c1-7-25-27(3,4)19-17-21-9-13-23(14-10-21)24-15-11-22(12-16-24)18-20-28(5,6)26-8-2/h9-20H,7-8H2,1-6H3/b19-17+,20-18+. The molecule has 0 aliphatic carbocycles. The van der Waals surface area contributed by atoms with Gasteiger partial charge in [-0.1, -0.05) is 72.1 Å². The van der Waals surface area contributed by atoms with Gasteiger partial charge in [-0.05, 0) is 62.3 Å². The Morgan fingerprint density at radius 2 is 0.929 bits per heavy atom. The zero-order valence-electron chi connectivity index (χ0n) is 18.2. The smallest absolute Gasteiger partial charge is 0.211 e. The third-order valence-corrected chi connectivity index (χ3v) is 8.55. The van der Waals surface area contributed by atoms with E-state index in [1.807, 2.05) is 0 Å². The minimum absolute atomic E-state index is 0.777. The largest absolute Gasteiger partial charge is 0.414 e. The van der Waals surface area contributed by atoms with Gasteiger partial charge in [-0.3, -0.25) is 0 Å². The molecule has 0 heterocycles. The van der Waals surface area contributed by atoms with Crippen molar-refractivity contribution in [3.8, 4) is 11.1 Å². The number of rotatable bonds is 9. The van der Waals surface area contributed by atoms with E-state index < -0.39 is 16.6 Å². The molecule has 0 saturated carbocycles. The lowest BCUT2D eigenvalue weighted by molar-refractivity contribution is 0.338. The van der Waals surface area contributed by atoms with Crippen molar-refractivity contribution in [2.45, 2.75) is 40.0 Å². The summed E-state index contributed by atoms with van der Waals surface area (Å²) in [5.41, 5.74) is 9.40. The predicted molar refractivity (Wildman–Crippen MR) is 128 cm³/mol. The van der Waals surface area contributed by atoms with Crippen LogP contribution in [-0.4, -0.2) is 29.8 Å². The summed E-state index contributed by atoms with van der Waals surface area (Å²) >= 11 is 0. The first-order valence-electron chi connectivity index (χ1n) is 10.1. The van der Waals surface area contributed by atoms with Crippen molar-refractivity contribution in [2.75, 3.05) is 13.2 Å².